The Morgan fingerprint density at radius 3 is 2.55 bits per heavy atom. The van der Waals surface area contributed by atoms with Crippen molar-refractivity contribution in [3.63, 3.8) is 0 Å². The Kier molecular flexibility index (Phi) is 5.14. The Labute approximate surface area is 182 Å². The van der Waals surface area contributed by atoms with Crippen LogP contribution in [0.5, 0.6) is 0 Å². The molecule has 31 heavy (non-hydrogen) atoms. The van der Waals surface area contributed by atoms with Gasteiger partial charge in [-0.2, -0.15) is 8.42 Å². The van der Waals surface area contributed by atoms with Gasteiger partial charge in [0.1, 0.15) is 17.9 Å². The van der Waals surface area contributed by atoms with Crippen LogP contribution in [0.3, 0.4) is 0 Å². The quantitative estimate of drug-likeness (QED) is 0.618. The summed E-state index contributed by atoms with van der Waals surface area (Å²) in [6.45, 7) is 2.70. The number of fused-ring (bicyclic) bond motifs is 5. The first kappa shape index (κ1) is 23.0. The Balaban J connectivity index is 1.70. The molecule has 0 unspecified atom stereocenters. The molecule has 4 aliphatic carbocycles. The maximum Gasteiger partial charge on any atom is 0.264 e. The van der Waals surface area contributed by atoms with Crippen molar-refractivity contribution < 1.29 is 36.8 Å². The number of aliphatic hydroxyl groups is 2. The fourth-order valence-electron chi connectivity index (χ4n) is 7.31. The lowest BCUT2D eigenvalue weighted by atomic mass is 9.44. The molecule has 0 amide bonds. The number of rotatable bonds is 4. The maximum atomic E-state index is 17.0. The van der Waals surface area contributed by atoms with E-state index in [9.17, 15) is 28.2 Å². The standard InChI is InChI=1S/C22H31FO7S/c1-19-8-6-14(24)10-13(19)4-5-16-15-7-9-21(27,18(26)12-30-31(3,28)29)20(15,2)11-17(25)22(16,19)23/h10,15-17,25,27H,4-9,11-12H2,1-3H3/t15-,16+,17-,19+,20-,21-,22-/m0/s1. The third-order valence-electron chi connectivity index (χ3n) is 9.06. The van der Waals surface area contributed by atoms with Gasteiger partial charge in [0.25, 0.3) is 10.1 Å². The van der Waals surface area contributed by atoms with Gasteiger partial charge in [0, 0.05) is 23.2 Å². The molecule has 2 N–H and O–H groups in total. The molecule has 174 valence electrons. The molecule has 3 fully saturated rings. The minimum absolute atomic E-state index is 0.0172. The summed E-state index contributed by atoms with van der Waals surface area (Å²) < 4.78 is 44.2. The fourth-order valence-corrected chi connectivity index (χ4v) is 7.63. The van der Waals surface area contributed by atoms with Gasteiger partial charge >= 0.3 is 0 Å². The smallest absolute Gasteiger partial charge is 0.264 e. The molecule has 7 atom stereocenters. The second-order valence-electron chi connectivity index (χ2n) is 10.4. The molecule has 4 aliphatic rings. The van der Waals surface area contributed by atoms with Crippen LogP contribution in [-0.4, -0.2) is 60.4 Å². The van der Waals surface area contributed by atoms with Crippen LogP contribution in [0.1, 0.15) is 58.8 Å². The molecule has 3 saturated carbocycles. The number of ketones is 2. The molecule has 7 nitrogen and oxygen atoms in total. The Hall–Kier alpha value is -1.16. The predicted octanol–water partition coefficient (Wildman–Crippen LogP) is 1.86. The molecular formula is C22H31FO7S. The number of aliphatic hydroxyl groups excluding tert-OH is 1. The highest BCUT2D eigenvalue weighted by Crippen LogP contribution is 2.70. The van der Waals surface area contributed by atoms with Crippen molar-refractivity contribution in [2.24, 2.45) is 22.7 Å². The van der Waals surface area contributed by atoms with Crippen molar-refractivity contribution in [2.75, 3.05) is 12.9 Å². The summed E-state index contributed by atoms with van der Waals surface area (Å²) in [4.78, 5) is 24.8. The number of alkyl halides is 1. The van der Waals surface area contributed by atoms with E-state index >= 15 is 4.39 Å². The summed E-state index contributed by atoms with van der Waals surface area (Å²) in [5, 5.41) is 22.6. The summed E-state index contributed by atoms with van der Waals surface area (Å²) in [6, 6.07) is 0. The van der Waals surface area contributed by atoms with Gasteiger partial charge in [-0.3, -0.25) is 13.8 Å². The second kappa shape index (κ2) is 6.92. The van der Waals surface area contributed by atoms with Crippen LogP contribution in [-0.2, 0) is 23.9 Å². The SMILES string of the molecule is C[C@]12C[C@H](O)[C@@]3(F)[C@H](CCC4=CC(=O)CC[C@]43C)[C@@H]1CC[C@]2(O)C(=O)COS(C)(=O)=O. The van der Waals surface area contributed by atoms with Crippen LogP contribution in [0.15, 0.2) is 11.6 Å². The lowest BCUT2D eigenvalue weighted by molar-refractivity contribution is -0.226. The van der Waals surface area contributed by atoms with Gasteiger partial charge < -0.3 is 10.2 Å². The predicted molar refractivity (Wildman–Crippen MR) is 109 cm³/mol. The lowest BCUT2D eigenvalue weighted by Gasteiger charge is -2.63. The Morgan fingerprint density at radius 2 is 1.90 bits per heavy atom. The van der Waals surface area contributed by atoms with E-state index in [1.54, 1.807) is 19.9 Å². The summed E-state index contributed by atoms with van der Waals surface area (Å²) in [5.74, 6) is -1.71. The van der Waals surface area contributed by atoms with Gasteiger partial charge in [-0.1, -0.05) is 19.4 Å². The topological polar surface area (TPSA) is 118 Å². The first-order valence-corrected chi connectivity index (χ1v) is 12.7. The molecule has 9 heteroatoms. The molecule has 0 spiro atoms. The van der Waals surface area contributed by atoms with Crippen molar-refractivity contribution in [2.45, 2.75) is 76.2 Å². The van der Waals surface area contributed by atoms with Crippen molar-refractivity contribution in [3.05, 3.63) is 11.6 Å². The van der Waals surface area contributed by atoms with Gasteiger partial charge in [0.05, 0.1) is 12.4 Å². The second-order valence-corrected chi connectivity index (χ2v) is 12.1. The highest BCUT2D eigenvalue weighted by molar-refractivity contribution is 7.86. The zero-order chi connectivity index (χ0) is 23.0. The number of carbonyl (C=O) groups excluding carboxylic acids is 2. The van der Waals surface area contributed by atoms with Crippen molar-refractivity contribution >= 4 is 21.7 Å². The summed E-state index contributed by atoms with van der Waals surface area (Å²) >= 11 is 0. The van der Waals surface area contributed by atoms with Gasteiger partial charge in [-0.05, 0) is 50.5 Å². The minimum Gasteiger partial charge on any atom is -0.390 e. The van der Waals surface area contributed by atoms with E-state index in [-0.39, 0.29) is 31.0 Å². The van der Waals surface area contributed by atoms with E-state index < -0.39 is 56.6 Å². The van der Waals surface area contributed by atoms with Gasteiger partial charge in [-0.15, -0.1) is 0 Å². The molecule has 0 radical (unpaired) electrons. The molecule has 4 rings (SSSR count). The number of hydrogen-bond acceptors (Lipinski definition) is 7. The van der Waals surface area contributed by atoms with Gasteiger partial charge in [0.2, 0.25) is 0 Å². The monoisotopic (exact) mass is 458 g/mol. The molecule has 0 saturated heterocycles. The van der Waals surface area contributed by atoms with Crippen LogP contribution < -0.4 is 0 Å². The normalized spacial score (nSPS) is 47.2. The maximum absolute atomic E-state index is 17.0. The largest absolute Gasteiger partial charge is 0.390 e. The molecule has 0 aromatic heterocycles. The molecule has 0 heterocycles. The summed E-state index contributed by atoms with van der Waals surface area (Å²) in [7, 11) is -3.87. The van der Waals surface area contributed by atoms with Gasteiger partial charge in [0.15, 0.2) is 11.6 Å². The third-order valence-corrected chi connectivity index (χ3v) is 9.61. The number of hydrogen-bond donors (Lipinski definition) is 2. The van der Waals surface area contributed by atoms with Crippen molar-refractivity contribution in [3.8, 4) is 0 Å². The third kappa shape index (κ3) is 3.03. The highest BCUT2D eigenvalue weighted by Gasteiger charge is 2.74. The fraction of sp³-hybridized carbons (Fsp3) is 0.818. The lowest BCUT2D eigenvalue weighted by Crippen LogP contribution is -2.69. The van der Waals surface area contributed by atoms with Gasteiger partial charge in [-0.25, -0.2) is 4.39 Å². The van der Waals surface area contributed by atoms with Crippen LogP contribution >= 0.6 is 0 Å². The van der Waals surface area contributed by atoms with Crippen molar-refractivity contribution in [1.82, 2.24) is 0 Å². The van der Waals surface area contributed by atoms with E-state index in [0.717, 1.165) is 11.8 Å². The Bertz CT molecular complexity index is 961. The van der Waals surface area contributed by atoms with Crippen LogP contribution in [0, 0.1) is 22.7 Å². The molecule has 0 aromatic rings. The van der Waals surface area contributed by atoms with E-state index in [0.29, 0.717) is 25.7 Å². The summed E-state index contributed by atoms with van der Waals surface area (Å²) in [5.41, 5.74) is -5.18. The van der Waals surface area contributed by atoms with E-state index in [2.05, 4.69) is 4.18 Å². The Morgan fingerprint density at radius 1 is 1.23 bits per heavy atom. The van der Waals surface area contributed by atoms with Crippen LogP contribution in [0.25, 0.3) is 0 Å². The van der Waals surface area contributed by atoms with E-state index in [1.165, 1.54) is 0 Å². The number of carbonyl (C=O) groups is 2. The molecule has 0 aromatic carbocycles. The zero-order valence-electron chi connectivity index (χ0n) is 18.2. The number of Topliss-reactive ketones (excluding diaryl/α,β-unsaturated/α-hetero) is 1. The highest BCUT2D eigenvalue weighted by atomic mass is 32.2. The first-order valence-electron chi connectivity index (χ1n) is 10.9. The minimum atomic E-state index is -3.87. The summed E-state index contributed by atoms with van der Waals surface area (Å²) in [6.07, 6.45) is 2.82. The molecule has 0 bridgehead atoms. The average molecular weight is 459 g/mol. The number of allylic oxidation sites excluding steroid dienone is 1. The van der Waals surface area contributed by atoms with E-state index in [4.69, 9.17) is 0 Å². The first-order chi connectivity index (χ1) is 14.2. The zero-order valence-corrected chi connectivity index (χ0v) is 19.0. The molecular weight excluding hydrogens is 427 g/mol. The average Bonchev–Trinajstić information content (AvgIpc) is 2.93. The number of halogens is 1. The van der Waals surface area contributed by atoms with Crippen LogP contribution in [0.2, 0.25) is 0 Å². The van der Waals surface area contributed by atoms with Crippen molar-refractivity contribution in [1.29, 1.82) is 0 Å². The van der Waals surface area contributed by atoms with Crippen LogP contribution in [0.4, 0.5) is 4.39 Å². The van der Waals surface area contributed by atoms with E-state index in [1.807, 2.05) is 0 Å². The molecule has 0 aliphatic heterocycles.